The molecule has 2 rings (SSSR count). The van der Waals surface area contributed by atoms with Crippen LogP contribution in [0.3, 0.4) is 0 Å². The fourth-order valence-electron chi connectivity index (χ4n) is 2.91. The van der Waals surface area contributed by atoms with Crippen molar-refractivity contribution in [3.8, 4) is 0 Å². The minimum Gasteiger partial charge on any atom is -0.444 e. The Morgan fingerprint density at radius 3 is 2.62 bits per heavy atom. The van der Waals surface area contributed by atoms with Crippen LogP contribution in [0.4, 0.5) is 10.5 Å². The van der Waals surface area contributed by atoms with Crippen molar-refractivity contribution < 1.29 is 9.53 Å². The van der Waals surface area contributed by atoms with Gasteiger partial charge in [0, 0.05) is 5.69 Å². The molecule has 0 saturated heterocycles. The molecular weight excluding hydrogens is 264 g/mol. The van der Waals surface area contributed by atoms with E-state index in [0.717, 1.165) is 12.1 Å². The molecule has 1 aromatic rings. The van der Waals surface area contributed by atoms with Crippen LogP contribution < -0.4 is 11.1 Å². The van der Waals surface area contributed by atoms with Crippen molar-refractivity contribution >= 4 is 11.8 Å². The van der Waals surface area contributed by atoms with Gasteiger partial charge in [0.1, 0.15) is 5.60 Å². The van der Waals surface area contributed by atoms with E-state index < -0.39 is 11.7 Å². The molecule has 0 aromatic heterocycles. The first kappa shape index (κ1) is 15.8. The van der Waals surface area contributed by atoms with E-state index in [-0.39, 0.29) is 5.41 Å². The molecule has 0 bridgehead atoms. The summed E-state index contributed by atoms with van der Waals surface area (Å²) in [6.07, 6.45) is 4.20. The average Bonchev–Trinajstić information content (AvgIpc) is 2.31. The minimum atomic E-state index is -0.490. The number of carbonyl (C=O) groups is 1. The topological polar surface area (TPSA) is 64.3 Å². The number of hydrogen-bond acceptors (Lipinski definition) is 3. The van der Waals surface area contributed by atoms with Gasteiger partial charge in [-0.05, 0) is 69.7 Å². The second-order valence-electron chi connectivity index (χ2n) is 6.88. The molecule has 1 aliphatic carbocycles. The van der Waals surface area contributed by atoms with E-state index >= 15 is 0 Å². The molecule has 0 aliphatic heterocycles. The van der Waals surface area contributed by atoms with Gasteiger partial charge in [-0.25, -0.2) is 4.79 Å². The first-order valence-corrected chi connectivity index (χ1v) is 7.65. The molecule has 1 fully saturated rings. The van der Waals surface area contributed by atoms with E-state index in [1.54, 1.807) is 0 Å². The molecule has 116 valence electrons. The van der Waals surface area contributed by atoms with Crippen LogP contribution >= 0.6 is 0 Å². The summed E-state index contributed by atoms with van der Waals surface area (Å²) >= 11 is 0. The Morgan fingerprint density at radius 1 is 1.38 bits per heavy atom. The smallest absolute Gasteiger partial charge is 0.412 e. The van der Waals surface area contributed by atoms with Gasteiger partial charge in [0.15, 0.2) is 0 Å². The summed E-state index contributed by atoms with van der Waals surface area (Å²) in [6.45, 7) is 6.26. The number of nitrogens with one attached hydrogen (secondary N) is 1. The van der Waals surface area contributed by atoms with E-state index in [0.29, 0.717) is 6.54 Å². The van der Waals surface area contributed by atoms with Crippen molar-refractivity contribution in [3.63, 3.8) is 0 Å². The fraction of sp³-hybridized carbons (Fsp3) is 0.588. The lowest BCUT2D eigenvalue weighted by atomic mass is 9.62. The molecule has 1 amide bonds. The Kier molecular flexibility index (Phi) is 4.57. The fourth-order valence-corrected chi connectivity index (χ4v) is 2.91. The van der Waals surface area contributed by atoms with Crippen molar-refractivity contribution in [3.05, 3.63) is 29.8 Å². The van der Waals surface area contributed by atoms with Crippen LogP contribution in [0.5, 0.6) is 0 Å². The van der Waals surface area contributed by atoms with Crippen LogP contribution in [0.2, 0.25) is 0 Å². The summed E-state index contributed by atoms with van der Waals surface area (Å²) in [7, 11) is 0. The van der Waals surface area contributed by atoms with E-state index in [4.69, 9.17) is 10.5 Å². The lowest BCUT2D eigenvalue weighted by Gasteiger charge is -2.42. The van der Waals surface area contributed by atoms with Gasteiger partial charge in [0.2, 0.25) is 0 Å². The normalized spacial score (nSPS) is 17.0. The molecule has 1 aromatic carbocycles. The maximum atomic E-state index is 11.8. The Balaban J connectivity index is 2.09. The quantitative estimate of drug-likeness (QED) is 0.886. The Labute approximate surface area is 127 Å². The zero-order valence-electron chi connectivity index (χ0n) is 13.2. The van der Waals surface area contributed by atoms with Gasteiger partial charge in [-0.3, -0.25) is 5.32 Å². The van der Waals surface area contributed by atoms with Crippen LogP contribution in [-0.2, 0) is 10.2 Å². The van der Waals surface area contributed by atoms with Crippen molar-refractivity contribution in [2.45, 2.75) is 57.5 Å². The highest BCUT2D eigenvalue weighted by atomic mass is 16.6. The lowest BCUT2D eigenvalue weighted by molar-refractivity contribution is 0.0636. The highest BCUT2D eigenvalue weighted by Gasteiger charge is 2.37. The maximum Gasteiger partial charge on any atom is 0.412 e. The van der Waals surface area contributed by atoms with Crippen molar-refractivity contribution in [2.24, 2.45) is 5.73 Å². The number of anilines is 1. The SMILES string of the molecule is CC(C)(C)OC(=O)Nc1cccc(C2(CCN)CCC2)c1. The maximum absolute atomic E-state index is 11.8. The van der Waals surface area contributed by atoms with Crippen molar-refractivity contribution in [2.75, 3.05) is 11.9 Å². The Morgan fingerprint density at radius 2 is 2.10 bits per heavy atom. The van der Waals surface area contributed by atoms with Gasteiger partial charge in [-0.2, -0.15) is 0 Å². The summed E-state index contributed by atoms with van der Waals surface area (Å²) in [6, 6.07) is 8.06. The molecular formula is C17H26N2O2. The highest BCUT2D eigenvalue weighted by molar-refractivity contribution is 5.85. The van der Waals surface area contributed by atoms with Crippen LogP contribution in [-0.4, -0.2) is 18.2 Å². The third kappa shape index (κ3) is 3.97. The molecule has 0 radical (unpaired) electrons. The number of carbonyl (C=O) groups excluding carboxylic acids is 1. The molecule has 0 unspecified atom stereocenters. The van der Waals surface area contributed by atoms with Crippen LogP contribution in [0.15, 0.2) is 24.3 Å². The monoisotopic (exact) mass is 290 g/mol. The number of amides is 1. The van der Waals surface area contributed by atoms with Gasteiger partial charge in [-0.15, -0.1) is 0 Å². The molecule has 0 spiro atoms. The number of benzene rings is 1. The van der Waals surface area contributed by atoms with Crippen molar-refractivity contribution in [1.29, 1.82) is 0 Å². The zero-order valence-corrected chi connectivity index (χ0v) is 13.2. The highest BCUT2D eigenvalue weighted by Crippen LogP contribution is 2.46. The number of ether oxygens (including phenoxy) is 1. The first-order chi connectivity index (χ1) is 9.85. The molecule has 3 N–H and O–H groups in total. The molecule has 0 heterocycles. The standard InChI is InChI=1S/C17H26N2O2/c1-16(2,3)21-15(20)19-14-7-4-6-13(12-14)17(10-11-18)8-5-9-17/h4,6-7,12H,5,8-11,18H2,1-3H3,(H,19,20). The average molecular weight is 290 g/mol. The molecule has 4 heteroatoms. The molecule has 1 saturated carbocycles. The zero-order chi connectivity index (χ0) is 15.5. The van der Waals surface area contributed by atoms with Crippen LogP contribution in [0.1, 0.15) is 52.0 Å². The van der Waals surface area contributed by atoms with Crippen molar-refractivity contribution in [1.82, 2.24) is 0 Å². The summed E-state index contributed by atoms with van der Waals surface area (Å²) in [5.74, 6) is 0. The molecule has 21 heavy (non-hydrogen) atoms. The summed E-state index contributed by atoms with van der Waals surface area (Å²) in [5, 5.41) is 2.81. The third-order valence-corrected chi connectivity index (χ3v) is 4.05. The largest absolute Gasteiger partial charge is 0.444 e. The molecule has 1 aliphatic rings. The van der Waals surface area contributed by atoms with E-state index in [9.17, 15) is 4.79 Å². The predicted octanol–water partition coefficient (Wildman–Crippen LogP) is 3.80. The van der Waals surface area contributed by atoms with Crippen LogP contribution in [0.25, 0.3) is 0 Å². The first-order valence-electron chi connectivity index (χ1n) is 7.65. The Hall–Kier alpha value is -1.55. The van der Waals surface area contributed by atoms with E-state index in [1.807, 2.05) is 32.9 Å². The van der Waals surface area contributed by atoms with Crippen LogP contribution in [0, 0.1) is 0 Å². The van der Waals surface area contributed by atoms with Gasteiger partial charge < -0.3 is 10.5 Å². The molecule has 4 nitrogen and oxygen atoms in total. The van der Waals surface area contributed by atoms with E-state index in [2.05, 4.69) is 17.4 Å². The second-order valence-corrected chi connectivity index (χ2v) is 6.88. The van der Waals surface area contributed by atoms with Gasteiger partial charge in [0.25, 0.3) is 0 Å². The molecule has 0 atom stereocenters. The lowest BCUT2D eigenvalue weighted by Crippen LogP contribution is -2.36. The van der Waals surface area contributed by atoms with Gasteiger partial charge >= 0.3 is 6.09 Å². The summed E-state index contributed by atoms with van der Waals surface area (Å²) in [5.41, 5.74) is 7.53. The minimum absolute atomic E-state index is 0.209. The Bertz CT molecular complexity index is 502. The van der Waals surface area contributed by atoms with E-state index in [1.165, 1.54) is 24.8 Å². The van der Waals surface area contributed by atoms with Gasteiger partial charge in [0.05, 0.1) is 0 Å². The number of rotatable bonds is 4. The summed E-state index contributed by atoms with van der Waals surface area (Å²) < 4.78 is 5.28. The number of nitrogens with two attached hydrogens (primary N) is 1. The van der Waals surface area contributed by atoms with Gasteiger partial charge in [-0.1, -0.05) is 18.6 Å². The third-order valence-electron chi connectivity index (χ3n) is 4.05. The number of hydrogen-bond donors (Lipinski definition) is 2. The summed E-state index contributed by atoms with van der Waals surface area (Å²) in [4.78, 5) is 11.8. The predicted molar refractivity (Wildman–Crippen MR) is 85.5 cm³/mol. The second kappa shape index (κ2) is 6.06.